The first kappa shape index (κ1) is 17.2. The molecule has 0 heterocycles. The number of hydrogen-bond acceptors (Lipinski definition) is 4. The zero-order chi connectivity index (χ0) is 17.8. The number of ether oxygens (including phenoxy) is 1. The van der Waals surface area contributed by atoms with Crippen LogP contribution in [-0.2, 0) is 9.53 Å². The van der Waals surface area contributed by atoms with E-state index in [9.17, 15) is 9.59 Å². The highest BCUT2D eigenvalue weighted by atomic mass is 16.5. The Morgan fingerprint density at radius 2 is 1.48 bits per heavy atom. The van der Waals surface area contributed by atoms with E-state index in [2.05, 4.69) is 0 Å². The van der Waals surface area contributed by atoms with Gasteiger partial charge in [0.2, 0.25) is 0 Å². The van der Waals surface area contributed by atoms with Crippen molar-refractivity contribution in [2.24, 2.45) is 11.8 Å². The molecule has 0 saturated heterocycles. The van der Waals surface area contributed by atoms with Gasteiger partial charge in [-0.2, -0.15) is 0 Å². The van der Waals surface area contributed by atoms with Gasteiger partial charge in [-0.1, -0.05) is 42.8 Å². The molecule has 0 aliphatic heterocycles. The molecule has 0 bridgehead atoms. The average Bonchev–Trinajstić information content (AvgIpc) is 2.67. The second kappa shape index (κ2) is 7.51. The third kappa shape index (κ3) is 3.90. The van der Waals surface area contributed by atoms with Crippen LogP contribution in [0.4, 0.5) is 5.69 Å². The minimum atomic E-state index is -0.198. The van der Waals surface area contributed by atoms with Gasteiger partial charge in [-0.05, 0) is 42.5 Å². The van der Waals surface area contributed by atoms with E-state index in [4.69, 9.17) is 10.5 Å². The number of anilines is 1. The van der Waals surface area contributed by atoms with Crippen molar-refractivity contribution in [3.05, 3.63) is 54.1 Å². The van der Waals surface area contributed by atoms with E-state index in [0.717, 1.165) is 36.1 Å². The predicted octanol–water partition coefficient (Wildman–Crippen LogP) is 4.10. The summed E-state index contributed by atoms with van der Waals surface area (Å²) in [7, 11) is 1.41. The van der Waals surface area contributed by atoms with Crippen LogP contribution in [0.3, 0.4) is 0 Å². The van der Waals surface area contributed by atoms with Crippen molar-refractivity contribution >= 4 is 17.4 Å². The quantitative estimate of drug-likeness (QED) is 0.518. The lowest BCUT2D eigenvalue weighted by Gasteiger charge is -2.26. The number of rotatable bonds is 4. The molecule has 1 aliphatic rings. The maximum atomic E-state index is 12.8. The van der Waals surface area contributed by atoms with E-state index < -0.39 is 0 Å². The van der Waals surface area contributed by atoms with E-state index in [1.165, 1.54) is 7.11 Å². The van der Waals surface area contributed by atoms with E-state index >= 15 is 0 Å². The van der Waals surface area contributed by atoms with Crippen LogP contribution in [0.2, 0.25) is 0 Å². The molecule has 0 radical (unpaired) electrons. The van der Waals surface area contributed by atoms with Crippen molar-refractivity contribution in [2.75, 3.05) is 12.8 Å². The minimum Gasteiger partial charge on any atom is -0.469 e. The highest BCUT2D eigenvalue weighted by Gasteiger charge is 2.32. The van der Waals surface area contributed by atoms with Crippen LogP contribution < -0.4 is 5.73 Å². The zero-order valence-electron chi connectivity index (χ0n) is 14.4. The van der Waals surface area contributed by atoms with E-state index in [-0.39, 0.29) is 23.6 Å². The molecule has 2 N–H and O–H groups in total. The van der Waals surface area contributed by atoms with Crippen molar-refractivity contribution < 1.29 is 14.3 Å². The largest absolute Gasteiger partial charge is 0.469 e. The van der Waals surface area contributed by atoms with Gasteiger partial charge in [-0.3, -0.25) is 9.59 Å². The van der Waals surface area contributed by atoms with Crippen molar-refractivity contribution in [3.63, 3.8) is 0 Å². The summed E-state index contributed by atoms with van der Waals surface area (Å²) >= 11 is 0. The second-order valence-electron chi connectivity index (χ2n) is 6.65. The normalized spacial score (nSPS) is 20.0. The van der Waals surface area contributed by atoms with Crippen LogP contribution in [0.5, 0.6) is 0 Å². The third-order valence-corrected chi connectivity index (χ3v) is 4.99. The summed E-state index contributed by atoms with van der Waals surface area (Å²) in [6.45, 7) is 0. The van der Waals surface area contributed by atoms with Crippen molar-refractivity contribution in [1.82, 2.24) is 0 Å². The Hall–Kier alpha value is -2.62. The van der Waals surface area contributed by atoms with Crippen LogP contribution in [-0.4, -0.2) is 18.9 Å². The van der Waals surface area contributed by atoms with Crippen LogP contribution in [0, 0.1) is 11.8 Å². The number of carbonyl (C=O) groups is 2. The Bertz CT molecular complexity index is 750. The molecule has 1 aliphatic carbocycles. The van der Waals surface area contributed by atoms with Crippen molar-refractivity contribution in [2.45, 2.75) is 25.7 Å². The molecular weight excluding hydrogens is 314 g/mol. The molecule has 0 aromatic heterocycles. The molecule has 0 spiro atoms. The Morgan fingerprint density at radius 3 is 2.08 bits per heavy atom. The van der Waals surface area contributed by atoms with Gasteiger partial charge in [0, 0.05) is 17.2 Å². The lowest BCUT2D eigenvalue weighted by Crippen LogP contribution is -2.28. The number of benzene rings is 2. The van der Waals surface area contributed by atoms with Gasteiger partial charge in [0.05, 0.1) is 13.0 Å². The molecule has 2 aromatic rings. The number of esters is 1. The SMILES string of the molecule is COC(=O)[C@H]1CCC[C@H](C(=O)c2ccc(-c3ccc(N)cc3)cc2)C1. The molecule has 1 saturated carbocycles. The van der Waals surface area contributed by atoms with Crippen LogP contribution in [0.25, 0.3) is 11.1 Å². The molecule has 4 nitrogen and oxygen atoms in total. The lowest BCUT2D eigenvalue weighted by atomic mass is 9.78. The molecule has 2 aromatic carbocycles. The van der Waals surface area contributed by atoms with Crippen LogP contribution >= 0.6 is 0 Å². The summed E-state index contributed by atoms with van der Waals surface area (Å²) in [6.07, 6.45) is 3.13. The van der Waals surface area contributed by atoms with Gasteiger partial charge in [0.15, 0.2) is 5.78 Å². The van der Waals surface area contributed by atoms with Crippen LogP contribution in [0.15, 0.2) is 48.5 Å². The minimum absolute atomic E-state index is 0.0970. The molecule has 4 heteroatoms. The summed E-state index contributed by atoms with van der Waals surface area (Å²) in [4.78, 5) is 24.5. The summed E-state index contributed by atoms with van der Waals surface area (Å²) in [5, 5.41) is 0. The molecule has 25 heavy (non-hydrogen) atoms. The van der Waals surface area contributed by atoms with Crippen molar-refractivity contribution in [1.29, 1.82) is 0 Å². The van der Waals surface area contributed by atoms with Gasteiger partial charge in [-0.15, -0.1) is 0 Å². The standard InChI is InChI=1S/C21H23NO3/c1-25-21(24)18-4-2-3-17(13-18)20(23)16-7-5-14(6-8-16)15-9-11-19(22)12-10-15/h5-12,17-18H,2-4,13,22H2,1H3/t17-,18-/m0/s1. The Balaban J connectivity index is 1.72. The van der Waals surface area contributed by atoms with Crippen LogP contribution in [0.1, 0.15) is 36.0 Å². The highest BCUT2D eigenvalue weighted by Crippen LogP contribution is 2.32. The first-order valence-electron chi connectivity index (χ1n) is 8.66. The number of ketones is 1. The monoisotopic (exact) mass is 337 g/mol. The lowest BCUT2D eigenvalue weighted by molar-refractivity contribution is -0.146. The van der Waals surface area contributed by atoms with Crippen molar-refractivity contribution in [3.8, 4) is 11.1 Å². The van der Waals surface area contributed by atoms with Gasteiger partial charge in [0.1, 0.15) is 0 Å². The predicted molar refractivity (Wildman–Crippen MR) is 98.1 cm³/mol. The number of carbonyl (C=O) groups excluding carboxylic acids is 2. The third-order valence-electron chi connectivity index (χ3n) is 4.99. The fourth-order valence-electron chi connectivity index (χ4n) is 3.55. The number of hydrogen-bond donors (Lipinski definition) is 1. The number of nitrogen functional groups attached to an aromatic ring is 1. The van der Waals surface area contributed by atoms with Gasteiger partial charge >= 0.3 is 5.97 Å². The van der Waals surface area contributed by atoms with E-state index in [1.807, 2.05) is 48.5 Å². The molecule has 0 unspecified atom stereocenters. The number of Topliss-reactive ketones (excluding diaryl/α,β-unsaturated/α-hetero) is 1. The molecule has 0 amide bonds. The summed E-state index contributed by atoms with van der Waals surface area (Å²) in [5.41, 5.74) is 9.26. The maximum Gasteiger partial charge on any atom is 0.308 e. The van der Waals surface area contributed by atoms with Gasteiger partial charge in [0.25, 0.3) is 0 Å². The topological polar surface area (TPSA) is 69.4 Å². The van der Waals surface area contributed by atoms with Gasteiger partial charge in [-0.25, -0.2) is 0 Å². The molecule has 1 fully saturated rings. The zero-order valence-corrected chi connectivity index (χ0v) is 14.4. The number of nitrogens with two attached hydrogens (primary N) is 1. The summed E-state index contributed by atoms with van der Waals surface area (Å²) in [5.74, 6) is -0.323. The maximum absolute atomic E-state index is 12.8. The first-order valence-corrected chi connectivity index (χ1v) is 8.66. The van der Waals surface area contributed by atoms with E-state index in [0.29, 0.717) is 12.0 Å². The molecule has 130 valence electrons. The molecular formula is C21H23NO3. The first-order chi connectivity index (χ1) is 12.1. The Morgan fingerprint density at radius 1 is 0.920 bits per heavy atom. The second-order valence-corrected chi connectivity index (χ2v) is 6.65. The summed E-state index contributed by atoms with van der Waals surface area (Å²) in [6, 6.07) is 15.3. The Labute approximate surface area is 148 Å². The fourth-order valence-corrected chi connectivity index (χ4v) is 3.55. The Kier molecular flexibility index (Phi) is 5.17. The van der Waals surface area contributed by atoms with Gasteiger partial charge < -0.3 is 10.5 Å². The fraction of sp³-hybridized carbons (Fsp3) is 0.333. The molecule has 3 rings (SSSR count). The van der Waals surface area contributed by atoms with E-state index in [1.54, 1.807) is 0 Å². The number of methoxy groups -OCH3 is 1. The average molecular weight is 337 g/mol. The molecule has 2 atom stereocenters. The highest BCUT2D eigenvalue weighted by molar-refractivity contribution is 5.98. The smallest absolute Gasteiger partial charge is 0.308 e. The summed E-state index contributed by atoms with van der Waals surface area (Å²) < 4.78 is 4.84.